The van der Waals surface area contributed by atoms with Gasteiger partial charge in [0.2, 0.25) is 0 Å². The van der Waals surface area contributed by atoms with Crippen molar-refractivity contribution < 1.29 is 17.0 Å². The SMILES string of the molecule is Cc1ccc(S(=O)(=O)Oc2cc3oc(=O)c(Cc4ccccc4)c(C)c3cc2Cl)cc1. The summed E-state index contributed by atoms with van der Waals surface area (Å²) in [6.45, 7) is 3.67. The normalized spacial score (nSPS) is 11.6. The molecule has 5 nitrogen and oxygen atoms in total. The molecule has 0 bridgehead atoms. The molecule has 0 fully saturated rings. The minimum absolute atomic E-state index is 0.00473. The second-order valence-electron chi connectivity index (χ2n) is 7.28. The van der Waals surface area contributed by atoms with E-state index in [2.05, 4.69) is 0 Å². The highest BCUT2D eigenvalue weighted by Gasteiger charge is 2.21. The molecule has 0 aliphatic rings. The lowest BCUT2D eigenvalue weighted by Gasteiger charge is -2.12. The van der Waals surface area contributed by atoms with Crippen LogP contribution in [-0.4, -0.2) is 8.42 Å². The van der Waals surface area contributed by atoms with E-state index < -0.39 is 15.7 Å². The summed E-state index contributed by atoms with van der Waals surface area (Å²) < 4.78 is 36.0. The Morgan fingerprint density at radius 1 is 0.968 bits per heavy atom. The predicted octanol–water partition coefficient (Wildman–Crippen LogP) is 5.42. The lowest BCUT2D eigenvalue weighted by molar-refractivity contribution is 0.485. The van der Waals surface area contributed by atoms with Crippen LogP contribution in [0.1, 0.15) is 22.3 Å². The molecule has 0 saturated carbocycles. The summed E-state index contributed by atoms with van der Waals surface area (Å²) >= 11 is 6.34. The first kappa shape index (κ1) is 21.2. The molecule has 0 atom stereocenters. The van der Waals surface area contributed by atoms with E-state index in [9.17, 15) is 13.2 Å². The molecule has 4 aromatic rings. The maximum absolute atomic E-state index is 12.6. The van der Waals surface area contributed by atoms with Crippen LogP contribution in [0.2, 0.25) is 5.02 Å². The first-order valence-electron chi connectivity index (χ1n) is 9.55. The van der Waals surface area contributed by atoms with Crippen LogP contribution in [-0.2, 0) is 16.5 Å². The molecule has 0 saturated heterocycles. The highest BCUT2D eigenvalue weighted by molar-refractivity contribution is 7.87. The van der Waals surface area contributed by atoms with Crippen LogP contribution in [0, 0.1) is 13.8 Å². The van der Waals surface area contributed by atoms with Crippen LogP contribution in [0.3, 0.4) is 0 Å². The van der Waals surface area contributed by atoms with E-state index in [4.69, 9.17) is 20.2 Å². The Morgan fingerprint density at radius 2 is 1.65 bits per heavy atom. The molecule has 7 heteroatoms. The van der Waals surface area contributed by atoms with E-state index in [-0.39, 0.29) is 21.3 Å². The van der Waals surface area contributed by atoms with Gasteiger partial charge in [0, 0.05) is 23.4 Å². The number of benzene rings is 3. The van der Waals surface area contributed by atoms with Gasteiger partial charge in [-0.25, -0.2) is 4.79 Å². The van der Waals surface area contributed by atoms with Gasteiger partial charge < -0.3 is 8.60 Å². The van der Waals surface area contributed by atoms with Crippen molar-refractivity contribution in [2.24, 2.45) is 0 Å². The average molecular weight is 455 g/mol. The van der Waals surface area contributed by atoms with Crippen LogP contribution in [0.15, 0.2) is 80.8 Å². The van der Waals surface area contributed by atoms with Crippen molar-refractivity contribution in [3.05, 3.63) is 104 Å². The van der Waals surface area contributed by atoms with Gasteiger partial charge in [0.15, 0.2) is 5.75 Å². The van der Waals surface area contributed by atoms with Crippen LogP contribution in [0.5, 0.6) is 5.75 Å². The van der Waals surface area contributed by atoms with E-state index in [0.717, 1.165) is 16.7 Å². The van der Waals surface area contributed by atoms with E-state index in [1.807, 2.05) is 44.2 Å². The molecule has 158 valence electrons. The summed E-state index contributed by atoms with van der Waals surface area (Å²) in [7, 11) is -4.09. The Hall–Kier alpha value is -3.09. The van der Waals surface area contributed by atoms with Gasteiger partial charge in [-0.05, 0) is 43.2 Å². The van der Waals surface area contributed by atoms with E-state index in [1.165, 1.54) is 18.2 Å². The average Bonchev–Trinajstić information content (AvgIpc) is 2.73. The van der Waals surface area contributed by atoms with Gasteiger partial charge in [0.1, 0.15) is 10.5 Å². The third-order valence-corrected chi connectivity index (χ3v) is 6.62. The number of hydrogen-bond acceptors (Lipinski definition) is 5. The molecule has 0 radical (unpaired) electrons. The Morgan fingerprint density at radius 3 is 2.32 bits per heavy atom. The van der Waals surface area contributed by atoms with Crippen molar-refractivity contribution in [3.63, 3.8) is 0 Å². The number of halogens is 1. The summed E-state index contributed by atoms with van der Waals surface area (Å²) in [5.74, 6) is -0.104. The van der Waals surface area contributed by atoms with E-state index >= 15 is 0 Å². The van der Waals surface area contributed by atoms with Crippen molar-refractivity contribution >= 4 is 32.7 Å². The fourth-order valence-electron chi connectivity index (χ4n) is 3.33. The maximum atomic E-state index is 12.6. The van der Waals surface area contributed by atoms with Gasteiger partial charge in [-0.1, -0.05) is 59.6 Å². The Labute approximate surface area is 185 Å². The van der Waals surface area contributed by atoms with Crippen molar-refractivity contribution in [2.45, 2.75) is 25.2 Å². The summed E-state index contributed by atoms with van der Waals surface area (Å²) in [5, 5.41) is 0.724. The molecule has 0 amide bonds. The van der Waals surface area contributed by atoms with E-state index in [0.29, 0.717) is 17.4 Å². The molecule has 0 N–H and O–H groups in total. The molecule has 0 aliphatic carbocycles. The molecular weight excluding hydrogens is 436 g/mol. The van der Waals surface area contributed by atoms with Gasteiger partial charge >= 0.3 is 15.7 Å². The second-order valence-corrected chi connectivity index (χ2v) is 9.24. The molecule has 1 heterocycles. The van der Waals surface area contributed by atoms with Crippen LogP contribution < -0.4 is 9.81 Å². The van der Waals surface area contributed by atoms with E-state index in [1.54, 1.807) is 18.2 Å². The zero-order chi connectivity index (χ0) is 22.2. The molecule has 0 aliphatic heterocycles. The lowest BCUT2D eigenvalue weighted by Crippen LogP contribution is -2.12. The summed E-state index contributed by atoms with van der Waals surface area (Å²) in [6, 6.07) is 18.7. The van der Waals surface area contributed by atoms with Crippen molar-refractivity contribution in [1.29, 1.82) is 0 Å². The molecule has 4 rings (SSSR count). The smallest absolute Gasteiger partial charge is 0.340 e. The highest BCUT2D eigenvalue weighted by Crippen LogP contribution is 2.34. The monoisotopic (exact) mass is 454 g/mol. The van der Waals surface area contributed by atoms with Crippen LogP contribution in [0.4, 0.5) is 0 Å². The molecule has 3 aromatic carbocycles. The molecule has 1 aromatic heterocycles. The van der Waals surface area contributed by atoms with Gasteiger partial charge in [-0.15, -0.1) is 0 Å². The third-order valence-electron chi connectivity index (χ3n) is 5.07. The van der Waals surface area contributed by atoms with Crippen molar-refractivity contribution in [1.82, 2.24) is 0 Å². The Kier molecular flexibility index (Phi) is 5.60. The molecule has 31 heavy (non-hydrogen) atoms. The maximum Gasteiger partial charge on any atom is 0.340 e. The zero-order valence-corrected chi connectivity index (χ0v) is 18.5. The standard InChI is InChI=1S/C24H19ClO5S/c1-15-8-10-18(11-9-15)31(27,28)30-23-14-22-19(13-21(23)25)16(2)20(24(26)29-22)12-17-6-4-3-5-7-17/h3-11,13-14H,12H2,1-2H3. The predicted molar refractivity (Wildman–Crippen MR) is 120 cm³/mol. The summed E-state index contributed by atoms with van der Waals surface area (Å²) in [6.07, 6.45) is 0.419. The van der Waals surface area contributed by atoms with Gasteiger partial charge in [0.05, 0.1) is 5.02 Å². The number of hydrogen-bond donors (Lipinski definition) is 0. The largest absolute Gasteiger partial charge is 0.422 e. The topological polar surface area (TPSA) is 73.6 Å². The Bertz CT molecular complexity index is 1420. The summed E-state index contributed by atoms with van der Waals surface area (Å²) in [4.78, 5) is 12.6. The first-order valence-corrected chi connectivity index (χ1v) is 11.3. The quantitative estimate of drug-likeness (QED) is 0.297. The second kappa shape index (κ2) is 8.21. The number of fused-ring (bicyclic) bond motifs is 1. The lowest BCUT2D eigenvalue weighted by atomic mass is 10.00. The van der Waals surface area contributed by atoms with Crippen LogP contribution in [0.25, 0.3) is 11.0 Å². The third kappa shape index (κ3) is 4.36. The Balaban J connectivity index is 1.74. The van der Waals surface area contributed by atoms with Gasteiger partial charge in [0.25, 0.3) is 0 Å². The van der Waals surface area contributed by atoms with Crippen LogP contribution >= 0.6 is 11.6 Å². The van der Waals surface area contributed by atoms with Gasteiger partial charge in [-0.3, -0.25) is 0 Å². The van der Waals surface area contributed by atoms with Gasteiger partial charge in [-0.2, -0.15) is 8.42 Å². The summed E-state index contributed by atoms with van der Waals surface area (Å²) in [5.41, 5.74) is 2.88. The highest BCUT2D eigenvalue weighted by atomic mass is 35.5. The van der Waals surface area contributed by atoms with Crippen molar-refractivity contribution in [3.8, 4) is 5.75 Å². The molecule has 0 unspecified atom stereocenters. The number of rotatable bonds is 5. The molecule has 0 spiro atoms. The zero-order valence-electron chi connectivity index (χ0n) is 16.9. The number of aryl methyl sites for hydroxylation is 2. The fourth-order valence-corrected chi connectivity index (χ4v) is 4.52. The fraction of sp³-hybridized carbons (Fsp3) is 0.125. The molecular formula is C24H19ClO5S. The minimum atomic E-state index is -4.09. The minimum Gasteiger partial charge on any atom is -0.422 e. The van der Waals surface area contributed by atoms with Crippen molar-refractivity contribution in [2.75, 3.05) is 0 Å². The first-order chi connectivity index (χ1) is 14.7.